The Labute approximate surface area is 175 Å². The molecule has 0 aliphatic heterocycles. The van der Waals surface area contributed by atoms with Crippen LogP contribution in [-0.2, 0) is 15.1 Å². The summed E-state index contributed by atoms with van der Waals surface area (Å²) in [5, 5.41) is 5.72. The van der Waals surface area contributed by atoms with Crippen molar-refractivity contribution >= 4 is 25.9 Å². The second-order valence-corrected chi connectivity index (χ2v) is 20.1. The molecule has 0 atom stereocenters. The van der Waals surface area contributed by atoms with E-state index in [1.165, 1.54) is 25.4 Å². The van der Waals surface area contributed by atoms with Crippen LogP contribution in [0.5, 0.6) is 0 Å². The van der Waals surface area contributed by atoms with Crippen LogP contribution in [0.1, 0.15) is 83.1 Å². The summed E-state index contributed by atoms with van der Waals surface area (Å²) in [5.41, 5.74) is 0. The molecule has 25 heavy (non-hydrogen) atoms. The van der Waals surface area contributed by atoms with Gasteiger partial charge in [-0.15, -0.1) is 0 Å². The molecule has 0 amide bonds. The molecule has 0 aromatic carbocycles. The second kappa shape index (κ2) is 11.6. The molecule has 0 rings (SSSR count). The average molecular weight is 463 g/mol. The molecule has 1 N–H and O–H groups in total. The summed E-state index contributed by atoms with van der Waals surface area (Å²) < 4.78 is 0. The minimum absolute atomic E-state index is 0.386. The minimum atomic E-state index is -0.386. The van der Waals surface area contributed by atoms with Gasteiger partial charge in [-0.2, -0.15) is 0 Å². The van der Waals surface area contributed by atoms with Gasteiger partial charge < -0.3 is 5.32 Å². The van der Waals surface area contributed by atoms with Gasteiger partial charge in [0.05, 0.1) is 32.9 Å². The van der Waals surface area contributed by atoms with E-state index in [1.807, 2.05) is 0 Å². The van der Waals surface area contributed by atoms with Gasteiger partial charge in [-0.05, 0) is 83.1 Å². The van der Waals surface area contributed by atoms with Crippen molar-refractivity contribution in [2.24, 2.45) is 0 Å². The van der Waals surface area contributed by atoms with E-state index in [-0.39, 0.29) is 15.8 Å². The van der Waals surface area contributed by atoms with E-state index < -0.39 is 0 Å². The molecule has 1 nitrogen and oxygen atoms in total. The van der Waals surface area contributed by atoms with Gasteiger partial charge in [0.1, 0.15) is 0 Å². The van der Waals surface area contributed by atoms with E-state index in [4.69, 9.17) is 0 Å². The van der Waals surface area contributed by atoms with Gasteiger partial charge >= 0.3 is 25.2 Å². The van der Waals surface area contributed by atoms with Gasteiger partial charge in [-0.1, -0.05) is 0 Å². The summed E-state index contributed by atoms with van der Waals surface area (Å²) >= 11 is 3.66. The fourth-order valence-corrected chi connectivity index (χ4v) is 12.7. The normalized spacial score (nSPS) is 14.0. The molecule has 0 heterocycles. The molecule has 0 saturated heterocycles. The molecule has 0 radical (unpaired) electrons. The average Bonchev–Trinajstić information content (AvgIpc) is 2.33. The van der Waals surface area contributed by atoms with E-state index in [0.717, 1.165) is 0 Å². The van der Waals surface area contributed by atoms with Crippen molar-refractivity contribution in [2.45, 2.75) is 104 Å². The Kier molecular flexibility index (Phi) is 13.4. The molecule has 0 aliphatic carbocycles. The fourth-order valence-electron chi connectivity index (χ4n) is 4.30. The van der Waals surface area contributed by atoms with Crippen molar-refractivity contribution < 1.29 is 15.1 Å². The zero-order valence-electron chi connectivity index (χ0n) is 19.0. The van der Waals surface area contributed by atoms with E-state index in [9.17, 15) is 0 Å². The Morgan fingerprint density at radius 1 is 0.560 bits per heavy atom. The molecule has 5 heteroatoms. The molecule has 0 aromatic heterocycles. The zero-order chi connectivity index (χ0) is 20.7. The summed E-state index contributed by atoms with van der Waals surface area (Å²) in [7, 11) is 3.43. The summed E-state index contributed by atoms with van der Waals surface area (Å²) in [4.78, 5) is 0. The molecule has 0 aromatic rings. The van der Waals surface area contributed by atoms with Crippen molar-refractivity contribution in [3.05, 3.63) is 0 Å². The maximum atomic E-state index is 4.20. The Morgan fingerprint density at radius 3 is 0.920 bits per heavy atom. The molecule has 0 fully saturated rings. The molecule has 0 saturated carbocycles. The standard InChI is InChI=1S/C20H45NP2.ClH.Cu/c1-17(2,3)22(18(4,5)6)15-13-21-14-16-23(19(7,8)9)20(10,11)12;;/h21H,13-16H2,1-12H3;1H;/q;;+2/p+1. The predicted octanol–water partition coefficient (Wildman–Crippen LogP) is 6.89. The third-order valence-corrected chi connectivity index (χ3v) is 13.5. The number of hydrogen-bond acceptors (Lipinski definition) is 1. The molecule has 157 valence electrons. The predicted molar refractivity (Wildman–Crippen MR) is 124 cm³/mol. The number of nitrogens with one attached hydrogen (secondary N) is 1. The third kappa shape index (κ3) is 12.7. The maximum absolute atomic E-state index is 4.20. The monoisotopic (exact) mass is 461 g/mol. The molecular formula is C20H47ClCuNP2+3. The van der Waals surface area contributed by atoms with Crippen LogP contribution in [0.3, 0.4) is 0 Å². The van der Waals surface area contributed by atoms with Crippen molar-refractivity contribution in [3.8, 4) is 0 Å². The number of halogens is 1. The van der Waals surface area contributed by atoms with Crippen LogP contribution in [-0.4, -0.2) is 46.0 Å². The van der Waals surface area contributed by atoms with Gasteiger partial charge in [0.2, 0.25) is 0 Å². The van der Waals surface area contributed by atoms with Crippen LogP contribution in [0.2, 0.25) is 0 Å². The second-order valence-electron chi connectivity index (χ2n) is 11.2. The van der Waals surface area contributed by atoms with Gasteiger partial charge in [-0.25, -0.2) is 0 Å². The first-order valence-corrected chi connectivity index (χ1v) is 14.2. The summed E-state index contributed by atoms with van der Waals surface area (Å²) in [5.74, 6) is 0. The molecule has 0 bridgehead atoms. The van der Waals surface area contributed by atoms with Crippen molar-refractivity contribution in [1.29, 1.82) is 0 Å². The van der Waals surface area contributed by atoms with Crippen LogP contribution < -0.4 is 5.32 Å². The van der Waals surface area contributed by atoms with Gasteiger partial charge in [0, 0.05) is 28.9 Å². The van der Waals surface area contributed by atoms with Gasteiger partial charge in [0.25, 0.3) is 0 Å². The SMILES string of the molecule is CC(C)(C)[PH+](CCNCC[PH+](C(C)(C)C)C(C)(C)C)C(C)(C)C.[Cl][Cu+]. The van der Waals surface area contributed by atoms with E-state index in [0.29, 0.717) is 20.6 Å². The van der Waals surface area contributed by atoms with Crippen molar-refractivity contribution in [3.63, 3.8) is 0 Å². The quantitative estimate of drug-likeness (QED) is 0.258. The van der Waals surface area contributed by atoms with Crippen molar-refractivity contribution in [2.75, 3.05) is 25.4 Å². The Morgan fingerprint density at radius 2 is 0.760 bits per heavy atom. The Hall–Kier alpha value is 1.63. The van der Waals surface area contributed by atoms with E-state index in [2.05, 4.69) is 114 Å². The van der Waals surface area contributed by atoms with Gasteiger partial charge in [0.15, 0.2) is 0 Å². The first-order valence-electron chi connectivity index (χ1n) is 9.53. The van der Waals surface area contributed by atoms with Crippen LogP contribution in [0, 0.1) is 0 Å². The van der Waals surface area contributed by atoms with E-state index >= 15 is 0 Å². The molecular weight excluding hydrogens is 415 g/mol. The summed E-state index contributed by atoms with van der Waals surface area (Å²) in [6.07, 6.45) is 2.76. The zero-order valence-corrected chi connectivity index (χ0v) is 22.7. The van der Waals surface area contributed by atoms with Crippen LogP contribution in [0.15, 0.2) is 0 Å². The first kappa shape index (κ1) is 28.8. The van der Waals surface area contributed by atoms with Gasteiger partial charge in [-0.3, -0.25) is 0 Å². The Balaban J connectivity index is 0. The topological polar surface area (TPSA) is 12.0 Å². The molecule has 0 aliphatic rings. The number of hydrogen-bond donors (Lipinski definition) is 1. The first-order chi connectivity index (χ1) is 11.0. The van der Waals surface area contributed by atoms with Crippen molar-refractivity contribution in [1.82, 2.24) is 5.32 Å². The third-order valence-electron chi connectivity index (χ3n) is 4.72. The molecule has 0 spiro atoms. The van der Waals surface area contributed by atoms with Crippen LogP contribution in [0.4, 0.5) is 0 Å². The fraction of sp³-hybridized carbons (Fsp3) is 1.00. The van der Waals surface area contributed by atoms with Crippen LogP contribution in [0.25, 0.3) is 0 Å². The summed E-state index contributed by atoms with van der Waals surface area (Å²) in [6, 6.07) is 0. The van der Waals surface area contributed by atoms with Crippen LogP contribution >= 0.6 is 25.9 Å². The Bertz CT molecular complexity index is 287. The van der Waals surface area contributed by atoms with E-state index in [1.54, 1.807) is 0 Å². The number of rotatable bonds is 6. The molecule has 0 unspecified atom stereocenters. The summed E-state index contributed by atoms with van der Waals surface area (Å²) in [6.45, 7) is 31.6.